The number of carbonyl (C=O) groups excluding carboxylic acids is 1. The molecule has 1 N–H and O–H groups in total. The van der Waals surface area contributed by atoms with E-state index in [9.17, 15) is 4.79 Å². The Morgan fingerprint density at radius 1 is 1.27 bits per heavy atom. The molecule has 1 amide bonds. The summed E-state index contributed by atoms with van der Waals surface area (Å²) in [6, 6.07) is 5.37. The van der Waals surface area contributed by atoms with Crippen LogP contribution in [-0.4, -0.2) is 26.6 Å². The molecule has 0 unspecified atom stereocenters. The van der Waals surface area contributed by atoms with E-state index in [2.05, 4.69) is 20.3 Å². The van der Waals surface area contributed by atoms with Crippen LogP contribution in [0.15, 0.2) is 24.4 Å². The van der Waals surface area contributed by atoms with Crippen LogP contribution in [0.5, 0.6) is 0 Å². The van der Waals surface area contributed by atoms with Gasteiger partial charge in [0, 0.05) is 11.8 Å². The fraction of sp³-hybridized carbons (Fsp3) is 0.333. The monoisotopic (exact) mass is 320 g/mol. The van der Waals surface area contributed by atoms with Crippen molar-refractivity contribution < 1.29 is 9.53 Å². The Labute approximate surface area is 133 Å². The lowest BCUT2D eigenvalue weighted by Gasteiger charge is -2.20. The third-order valence-electron chi connectivity index (χ3n) is 2.60. The molecule has 0 bridgehead atoms. The number of ether oxygens (including phenoxy) is 1. The topological polar surface area (TPSA) is 77.0 Å². The van der Waals surface area contributed by atoms with E-state index in [0.717, 1.165) is 0 Å². The van der Waals surface area contributed by atoms with Crippen LogP contribution in [0.2, 0.25) is 5.15 Å². The van der Waals surface area contributed by atoms with Gasteiger partial charge in [0.25, 0.3) is 0 Å². The Morgan fingerprint density at radius 2 is 2.00 bits per heavy atom. The average Bonchev–Trinajstić information content (AvgIpc) is 2.42. The number of pyridine rings is 1. The van der Waals surface area contributed by atoms with Crippen molar-refractivity contribution in [3.05, 3.63) is 35.1 Å². The molecule has 0 fully saturated rings. The highest BCUT2D eigenvalue weighted by atomic mass is 35.5. The number of rotatable bonds is 2. The van der Waals surface area contributed by atoms with Gasteiger partial charge < -0.3 is 4.74 Å². The molecule has 0 radical (unpaired) electrons. The lowest BCUT2D eigenvalue weighted by atomic mass is 10.2. The smallest absolute Gasteiger partial charge is 0.413 e. The number of carbonyl (C=O) groups is 1. The zero-order chi connectivity index (χ0) is 16.3. The predicted molar refractivity (Wildman–Crippen MR) is 84.9 cm³/mol. The molecule has 2 rings (SSSR count). The number of aromatic nitrogens is 3. The van der Waals surface area contributed by atoms with E-state index in [1.807, 2.05) is 6.07 Å². The summed E-state index contributed by atoms with van der Waals surface area (Å²) in [5, 5.41) is 2.84. The molecular formula is C15H17ClN4O2. The molecule has 0 aliphatic rings. The summed E-state index contributed by atoms with van der Waals surface area (Å²) in [7, 11) is 0. The molecule has 0 aromatic carbocycles. The average molecular weight is 321 g/mol. The maximum absolute atomic E-state index is 11.9. The van der Waals surface area contributed by atoms with Crippen molar-refractivity contribution in [2.24, 2.45) is 0 Å². The first-order valence-electron chi connectivity index (χ1n) is 6.72. The zero-order valence-electron chi connectivity index (χ0n) is 12.8. The second-order valence-corrected chi connectivity index (χ2v) is 6.01. The molecule has 2 aromatic heterocycles. The van der Waals surface area contributed by atoms with Gasteiger partial charge in [-0.1, -0.05) is 17.7 Å². The Bertz CT molecular complexity index is 684. The molecule has 0 saturated heterocycles. The van der Waals surface area contributed by atoms with Crippen molar-refractivity contribution in [1.82, 2.24) is 15.0 Å². The summed E-state index contributed by atoms with van der Waals surface area (Å²) < 4.78 is 5.21. The van der Waals surface area contributed by atoms with Crippen LogP contribution < -0.4 is 5.32 Å². The van der Waals surface area contributed by atoms with Crippen molar-refractivity contribution >= 4 is 23.5 Å². The highest BCUT2D eigenvalue weighted by Crippen LogP contribution is 2.24. The second kappa shape index (κ2) is 6.27. The van der Waals surface area contributed by atoms with Crippen LogP contribution in [0.3, 0.4) is 0 Å². The van der Waals surface area contributed by atoms with Crippen LogP contribution in [0.4, 0.5) is 10.6 Å². The van der Waals surface area contributed by atoms with Gasteiger partial charge in [-0.2, -0.15) is 0 Å². The molecule has 0 aliphatic carbocycles. The van der Waals surface area contributed by atoms with E-state index in [0.29, 0.717) is 22.9 Å². The van der Waals surface area contributed by atoms with Crippen molar-refractivity contribution in [3.8, 4) is 11.5 Å². The Kier molecular flexibility index (Phi) is 4.61. The van der Waals surface area contributed by atoms with Crippen LogP contribution in [0.25, 0.3) is 11.5 Å². The van der Waals surface area contributed by atoms with Crippen molar-refractivity contribution in [2.75, 3.05) is 5.32 Å². The fourth-order valence-corrected chi connectivity index (χ4v) is 1.79. The van der Waals surface area contributed by atoms with Gasteiger partial charge in [0.2, 0.25) is 0 Å². The lowest BCUT2D eigenvalue weighted by molar-refractivity contribution is 0.0635. The van der Waals surface area contributed by atoms with E-state index >= 15 is 0 Å². The van der Waals surface area contributed by atoms with Gasteiger partial charge >= 0.3 is 6.09 Å². The summed E-state index contributed by atoms with van der Waals surface area (Å²) in [6.45, 7) is 7.07. The van der Waals surface area contributed by atoms with E-state index in [4.69, 9.17) is 16.3 Å². The fourth-order valence-electron chi connectivity index (χ4n) is 1.62. The zero-order valence-corrected chi connectivity index (χ0v) is 13.6. The molecule has 116 valence electrons. The summed E-state index contributed by atoms with van der Waals surface area (Å²) in [5.41, 5.74) is 0.530. The number of nitrogens with zero attached hydrogens (tertiary/aromatic N) is 3. The van der Waals surface area contributed by atoms with Crippen molar-refractivity contribution in [1.29, 1.82) is 0 Å². The molecule has 7 heteroatoms. The van der Waals surface area contributed by atoms with Crippen LogP contribution in [-0.2, 0) is 4.74 Å². The van der Waals surface area contributed by atoms with Crippen LogP contribution in [0.1, 0.15) is 26.3 Å². The van der Waals surface area contributed by atoms with Gasteiger partial charge in [-0.05, 0) is 39.8 Å². The highest BCUT2D eigenvalue weighted by Gasteiger charge is 2.19. The quantitative estimate of drug-likeness (QED) is 0.850. The first-order chi connectivity index (χ1) is 10.3. The number of anilines is 1. The molecule has 2 aromatic rings. The lowest BCUT2D eigenvalue weighted by Crippen LogP contribution is -2.27. The van der Waals surface area contributed by atoms with E-state index < -0.39 is 11.7 Å². The van der Waals surface area contributed by atoms with Gasteiger partial charge in [-0.15, -0.1) is 0 Å². The van der Waals surface area contributed by atoms with Gasteiger partial charge in [0.15, 0.2) is 5.82 Å². The molecule has 0 aliphatic heterocycles. The normalized spacial score (nSPS) is 11.1. The third-order valence-corrected chi connectivity index (χ3v) is 2.97. The Hall–Kier alpha value is -2.21. The first-order valence-corrected chi connectivity index (χ1v) is 7.09. The maximum atomic E-state index is 11.9. The standard InChI is InChI=1S/C15H17ClN4O2/c1-9-11(16)18-13(10-7-5-6-8-17-10)19-12(9)20-14(21)22-15(2,3)4/h5-8H,1-4H3,(H,18,19,20,21). The van der Waals surface area contributed by atoms with Gasteiger partial charge in [0.05, 0.1) is 0 Å². The predicted octanol–water partition coefficient (Wildman–Crippen LogP) is 3.85. The molecule has 0 spiro atoms. The third kappa shape index (κ3) is 4.14. The minimum absolute atomic E-state index is 0.252. The molecule has 2 heterocycles. The molecule has 6 nitrogen and oxygen atoms in total. The SMILES string of the molecule is Cc1c(Cl)nc(-c2ccccn2)nc1NC(=O)OC(C)(C)C. The van der Waals surface area contributed by atoms with Gasteiger partial charge in [0.1, 0.15) is 22.3 Å². The number of nitrogens with one attached hydrogen (secondary N) is 1. The summed E-state index contributed by atoms with van der Waals surface area (Å²) >= 11 is 6.11. The number of halogens is 1. The summed E-state index contributed by atoms with van der Waals surface area (Å²) in [5.74, 6) is 0.636. The Morgan fingerprint density at radius 3 is 2.59 bits per heavy atom. The summed E-state index contributed by atoms with van der Waals surface area (Å²) in [6.07, 6.45) is 1.03. The molecular weight excluding hydrogens is 304 g/mol. The van der Waals surface area contributed by atoms with Gasteiger partial charge in [-0.3, -0.25) is 10.3 Å². The molecule has 0 atom stereocenters. The van der Waals surface area contributed by atoms with Crippen LogP contribution >= 0.6 is 11.6 Å². The maximum Gasteiger partial charge on any atom is 0.413 e. The molecule has 22 heavy (non-hydrogen) atoms. The molecule has 0 saturated carbocycles. The van der Waals surface area contributed by atoms with Crippen LogP contribution in [0, 0.1) is 6.92 Å². The first kappa shape index (κ1) is 16.2. The van der Waals surface area contributed by atoms with E-state index in [1.165, 1.54) is 0 Å². The highest BCUT2D eigenvalue weighted by molar-refractivity contribution is 6.30. The van der Waals surface area contributed by atoms with Crippen molar-refractivity contribution in [2.45, 2.75) is 33.3 Å². The minimum Gasteiger partial charge on any atom is -0.444 e. The van der Waals surface area contributed by atoms with E-state index in [1.54, 1.807) is 46.0 Å². The summed E-state index contributed by atoms with van der Waals surface area (Å²) in [4.78, 5) is 24.5. The Balaban J connectivity index is 2.32. The number of hydrogen-bond acceptors (Lipinski definition) is 5. The number of hydrogen-bond donors (Lipinski definition) is 1. The number of amides is 1. The second-order valence-electron chi connectivity index (χ2n) is 5.65. The van der Waals surface area contributed by atoms with E-state index in [-0.39, 0.29) is 5.15 Å². The minimum atomic E-state index is -0.600. The van der Waals surface area contributed by atoms with Crippen molar-refractivity contribution in [3.63, 3.8) is 0 Å². The largest absolute Gasteiger partial charge is 0.444 e. The van der Waals surface area contributed by atoms with Gasteiger partial charge in [-0.25, -0.2) is 14.8 Å².